The van der Waals surface area contributed by atoms with Crippen LogP contribution < -0.4 is 10.1 Å². The van der Waals surface area contributed by atoms with Gasteiger partial charge in [0.1, 0.15) is 5.75 Å². The molecule has 0 saturated heterocycles. The average molecular weight is 440 g/mol. The largest absolute Gasteiger partial charge is 0.484 e. The molecule has 0 aliphatic heterocycles. The Kier molecular flexibility index (Phi) is 7.83. The first kappa shape index (κ1) is 22.6. The third-order valence-corrected chi connectivity index (χ3v) is 5.03. The van der Waals surface area contributed by atoms with E-state index < -0.39 is 0 Å². The minimum Gasteiger partial charge on any atom is -0.484 e. The van der Waals surface area contributed by atoms with Crippen LogP contribution in [0.2, 0.25) is 0 Å². The number of Topliss-reactive ketones (excluding diaryl/α,β-unsaturated/α-hetero) is 1. The zero-order valence-corrected chi connectivity index (χ0v) is 18.6. The third-order valence-electron chi connectivity index (χ3n) is 4.21. The summed E-state index contributed by atoms with van der Waals surface area (Å²) < 4.78 is 11.2. The number of thioether (sulfide) groups is 1. The topological polar surface area (TPSA) is 94.3 Å². The maximum absolute atomic E-state index is 12.4. The van der Waals surface area contributed by atoms with Crippen LogP contribution in [0.15, 0.2) is 58.2 Å². The molecule has 0 fully saturated rings. The summed E-state index contributed by atoms with van der Waals surface area (Å²) in [6.45, 7) is 6.13. The lowest BCUT2D eigenvalue weighted by molar-refractivity contribution is -0.116. The van der Waals surface area contributed by atoms with Gasteiger partial charge in [-0.2, -0.15) is 0 Å². The molecule has 3 rings (SSSR count). The molecule has 8 heteroatoms. The Morgan fingerprint density at radius 3 is 2.61 bits per heavy atom. The van der Waals surface area contributed by atoms with Gasteiger partial charge >= 0.3 is 0 Å². The highest BCUT2D eigenvalue weighted by Crippen LogP contribution is 2.20. The number of nitrogens with zero attached hydrogens (tertiary/aromatic N) is 2. The molecule has 3 aromatic rings. The number of ether oxygens (including phenoxy) is 1. The van der Waals surface area contributed by atoms with Gasteiger partial charge in [-0.15, -0.1) is 10.2 Å². The molecular weight excluding hydrogens is 414 g/mol. The van der Waals surface area contributed by atoms with Crippen LogP contribution in [0.4, 0.5) is 5.69 Å². The van der Waals surface area contributed by atoms with E-state index in [2.05, 4.69) is 15.5 Å². The first-order valence-corrected chi connectivity index (χ1v) is 11.0. The van der Waals surface area contributed by atoms with Crippen LogP contribution in [0.1, 0.15) is 42.1 Å². The zero-order chi connectivity index (χ0) is 22.2. The summed E-state index contributed by atoms with van der Waals surface area (Å²) >= 11 is 1.17. The number of rotatable bonds is 10. The van der Waals surface area contributed by atoms with Gasteiger partial charge in [0.25, 0.3) is 11.1 Å². The summed E-state index contributed by atoms with van der Waals surface area (Å²) in [6.07, 6.45) is 0.458. The number of ketones is 1. The molecule has 0 bridgehead atoms. The average Bonchev–Trinajstić information content (AvgIpc) is 3.18. The Morgan fingerprint density at radius 1 is 1.13 bits per heavy atom. The van der Waals surface area contributed by atoms with Gasteiger partial charge in [-0.1, -0.05) is 37.7 Å². The predicted octanol–water partition coefficient (Wildman–Crippen LogP) is 4.92. The molecule has 0 aliphatic rings. The van der Waals surface area contributed by atoms with Crippen molar-refractivity contribution in [3.05, 3.63) is 65.5 Å². The van der Waals surface area contributed by atoms with Crippen LogP contribution in [0, 0.1) is 12.8 Å². The SMILES string of the molecule is Cc1cccc(OCc2nnc(SCC(=O)c3ccc(NC(=O)CC(C)C)cc3)o2)c1. The van der Waals surface area contributed by atoms with Gasteiger partial charge in [0, 0.05) is 17.7 Å². The lowest BCUT2D eigenvalue weighted by Crippen LogP contribution is -2.14. The molecule has 1 aromatic heterocycles. The Morgan fingerprint density at radius 2 is 1.90 bits per heavy atom. The molecule has 7 nitrogen and oxygen atoms in total. The summed E-state index contributed by atoms with van der Waals surface area (Å²) in [4.78, 5) is 24.3. The van der Waals surface area contributed by atoms with Crippen molar-refractivity contribution >= 4 is 29.1 Å². The molecule has 0 saturated carbocycles. The summed E-state index contributed by atoms with van der Waals surface area (Å²) in [5.74, 6) is 1.42. The van der Waals surface area contributed by atoms with Crippen molar-refractivity contribution in [1.29, 1.82) is 0 Å². The number of carbonyl (C=O) groups is 2. The second kappa shape index (κ2) is 10.8. The zero-order valence-electron chi connectivity index (χ0n) is 17.8. The molecule has 1 amide bonds. The number of benzene rings is 2. The van der Waals surface area contributed by atoms with E-state index in [4.69, 9.17) is 9.15 Å². The van der Waals surface area contributed by atoms with Crippen LogP contribution in [0.3, 0.4) is 0 Å². The Hall–Kier alpha value is -3.13. The van der Waals surface area contributed by atoms with Crippen molar-refractivity contribution in [2.75, 3.05) is 11.1 Å². The molecule has 0 unspecified atom stereocenters. The molecule has 0 aliphatic carbocycles. The Bertz CT molecular complexity index is 1030. The summed E-state index contributed by atoms with van der Waals surface area (Å²) in [5, 5.41) is 11.0. The summed E-state index contributed by atoms with van der Waals surface area (Å²) in [6, 6.07) is 14.5. The van der Waals surface area contributed by atoms with E-state index in [0.29, 0.717) is 28.8 Å². The third kappa shape index (κ3) is 7.25. The normalized spacial score (nSPS) is 10.8. The van der Waals surface area contributed by atoms with Gasteiger partial charge in [0.15, 0.2) is 12.4 Å². The molecular formula is C23H25N3O4S. The van der Waals surface area contributed by atoms with Crippen LogP contribution in [-0.2, 0) is 11.4 Å². The fraction of sp³-hybridized carbons (Fsp3) is 0.304. The molecule has 0 atom stereocenters. The number of hydrogen-bond donors (Lipinski definition) is 1. The summed E-state index contributed by atoms with van der Waals surface area (Å²) in [7, 11) is 0. The van der Waals surface area contributed by atoms with Crippen LogP contribution in [0.5, 0.6) is 5.75 Å². The van der Waals surface area contributed by atoms with E-state index in [-0.39, 0.29) is 30.0 Å². The van der Waals surface area contributed by atoms with Crippen LogP contribution in [-0.4, -0.2) is 27.6 Å². The van der Waals surface area contributed by atoms with Crippen molar-refractivity contribution in [2.45, 2.75) is 39.0 Å². The predicted molar refractivity (Wildman–Crippen MR) is 119 cm³/mol. The number of anilines is 1. The number of nitrogens with one attached hydrogen (secondary N) is 1. The van der Waals surface area contributed by atoms with Crippen molar-refractivity contribution in [1.82, 2.24) is 10.2 Å². The Labute approximate surface area is 185 Å². The molecule has 2 aromatic carbocycles. The highest BCUT2D eigenvalue weighted by molar-refractivity contribution is 7.99. The van der Waals surface area contributed by atoms with Crippen molar-refractivity contribution in [3.63, 3.8) is 0 Å². The Balaban J connectivity index is 1.46. The quantitative estimate of drug-likeness (QED) is 0.354. The maximum atomic E-state index is 12.4. The van der Waals surface area contributed by atoms with E-state index in [1.165, 1.54) is 11.8 Å². The van der Waals surface area contributed by atoms with Gasteiger partial charge < -0.3 is 14.5 Å². The molecule has 162 valence electrons. The van der Waals surface area contributed by atoms with Gasteiger partial charge in [-0.3, -0.25) is 9.59 Å². The molecule has 1 N–H and O–H groups in total. The van der Waals surface area contributed by atoms with E-state index in [1.807, 2.05) is 45.0 Å². The van der Waals surface area contributed by atoms with Crippen molar-refractivity contribution in [2.24, 2.45) is 5.92 Å². The monoisotopic (exact) mass is 439 g/mol. The molecule has 31 heavy (non-hydrogen) atoms. The number of carbonyl (C=O) groups excluding carboxylic acids is 2. The van der Waals surface area contributed by atoms with Crippen molar-refractivity contribution in [3.8, 4) is 5.75 Å². The van der Waals surface area contributed by atoms with Crippen LogP contribution in [0.25, 0.3) is 0 Å². The fourth-order valence-corrected chi connectivity index (χ4v) is 3.41. The fourth-order valence-electron chi connectivity index (χ4n) is 2.74. The number of amides is 1. The van der Waals surface area contributed by atoms with Gasteiger partial charge in [0.2, 0.25) is 5.91 Å². The minimum absolute atomic E-state index is 0.0387. The van der Waals surface area contributed by atoms with Gasteiger partial charge in [0.05, 0.1) is 5.75 Å². The smallest absolute Gasteiger partial charge is 0.277 e. The van der Waals surface area contributed by atoms with Crippen LogP contribution >= 0.6 is 11.8 Å². The van der Waals surface area contributed by atoms with E-state index in [0.717, 1.165) is 11.3 Å². The van der Waals surface area contributed by atoms with Gasteiger partial charge in [-0.05, 0) is 54.8 Å². The highest BCUT2D eigenvalue weighted by Gasteiger charge is 2.12. The van der Waals surface area contributed by atoms with Gasteiger partial charge in [-0.25, -0.2) is 0 Å². The number of hydrogen-bond acceptors (Lipinski definition) is 7. The highest BCUT2D eigenvalue weighted by atomic mass is 32.2. The molecule has 0 radical (unpaired) electrons. The minimum atomic E-state index is -0.0687. The van der Waals surface area contributed by atoms with E-state index >= 15 is 0 Å². The first-order valence-electron chi connectivity index (χ1n) is 9.97. The van der Waals surface area contributed by atoms with Crippen molar-refractivity contribution < 1.29 is 18.7 Å². The lowest BCUT2D eigenvalue weighted by atomic mass is 10.1. The second-order valence-electron chi connectivity index (χ2n) is 7.50. The standard InChI is InChI=1S/C23H25N3O4S/c1-15(2)11-21(28)24-18-9-7-17(8-10-18)20(27)14-31-23-26-25-22(30-23)13-29-19-6-4-5-16(3)12-19/h4-10,12,15H,11,13-14H2,1-3H3,(H,24,28). The second-order valence-corrected chi connectivity index (χ2v) is 8.43. The lowest BCUT2D eigenvalue weighted by Gasteiger charge is -2.07. The molecule has 1 heterocycles. The maximum Gasteiger partial charge on any atom is 0.277 e. The first-order chi connectivity index (χ1) is 14.9. The molecule has 0 spiro atoms. The van der Waals surface area contributed by atoms with E-state index in [9.17, 15) is 9.59 Å². The van der Waals surface area contributed by atoms with E-state index in [1.54, 1.807) is 24.3 Å². The number of aromatic nitrogens is 2. The summed E-state index contributed by atoms with van der Waals surface area (Å²) in [5.41, 5.74) is 2.32. The number of aryl methyl sites for hydroxylation is 1.